The molecule has 4 nitrogen and oxygen atoms in total. The number of amides is 1. The number of aromatic nitrogens is 2. The Morgan fingerprint density at radius 1 is 1.38 bits per heavy atom. The Kier molecular flexibility index (Phi) is 4.91. The second-order valence-electron chi connectivity index (χ2n) is 6.00. The van der Waals surface area contributed by atoms with Crippen LogP contribution in [0.4, 0.5) is 0 Å². The van der Waals surface area contributed by atoms with Gasteiger partial charge in [-0.25, -0.2) is 4.98 Å². The maximum Gasteiger partial charge on any atom is 0.226 e. The Morgan fingerprint density at radius 2 is 2.24 bits per heavy atom. The van der Waals surface area contributed by atoms with Gasteiger partial charge in [0.2, 0.25) is 5.91 Å². The average molecular weight is 305 g/mol. The highest BCUT2D eigenvalue weighted by Gasteiger charge is 2.13. The van der Waals surface area contributed by atoms with E-state index < -0.39 is 0 Å². The van der Waals surface area contributed by atoms with E-state index in [0.717, 1.165) is 29.5 Å². The topological polar surface area (TPSA) is 46.4 Å². The number of carbonyl (C=O) groups is 1. The molecule has 3 rings (SSSR count). The second-order valence-corrected chi connectivity index (χ2v) is 6.87. The van der Waals surface area contributed by atoms with Crippen LogP contribution < -0.4 is 5.32 Å². The Balaban J connectivity index is 1.35. The number of hydrogen-bond donors (Lipinski definition) is 1. The zero-order valence-electron chi connectivity index (χ0n) is 12.4. The van der Waals surface area contributed by atoms with Gasteiger partial charge in [-0.2, -0.15) is 0 Å². The molecule has 1 saturated carbocycles. The molecule has 0 atom stereocenters. The van der Waals surface area contributed by atoms with Crippen LogP contribution in [0.15, 0.2) is 17.8 Å². The maximum atomic E-state index is 11.9. The highest BCUT2D eigenvalue weighted by molar-refractivity contribution is 7.15. The molecule has 0 bridgehead atoms. The second kappa shape index (κ2) is 7.07. The average Bonchev–Trinajstić information content (AvgIpc) is 3.06. The lowest BCUT2D eigenvalue weighted by Crippen LogP contribution is -2.26. The van der Waals surface area contributed by atoms with Crippen LogP contribution in [0, 0.1) is 5.92 Å². The third kappa shape index (κ3) is 4.06. The van der Waals surface area contributed by atoms with E-state index >= 15 is 0 Å². The summed E-state index contributed by atoms with van der Waals surface area (Å²) in [6.45, 7) is 0.803. The molecule has 114 valence electrons. The Bertz CT molecular complexity index is 555. The lowest BCUT2D eigenvalue weighted by Gasteiger charge is -2.21. The molecular formula is C16H23N3OS. The first-order valence-corrected chi connectivity index (χ1v) is 8.87. The summed E-state index contributed by atoms with van der Waals surface area (Å²) in [6.07, 6.45) is 13.6. The summed E-state index contributed by atoms with van der Waals surface area (Å²) in [7, 11) is 0. The van der Waals surface area contributed by atoms with Crippen LogP contribution in [0.1, 0.15) is 50.6 Å². The van der Waals surface area contributed by atoms with Crippen LogP contribution in [0.2, 0.25) is 0 Å². The van der Waals surface area contributed by atoms with Gasteiger partial charge in [-0.15, -0.1) is 11.3 Å². The highest BCUT2D eigenvalue weighted by Crippen LogP contribution is 2.26. The van der Waals surface area contributed by atoms with E-state index in [-0.39, 0.29) is 5.91 Å². The molecule has 1 aliphatic rings. The SMILES string of the molecule is O=C(Cc1cn2ccsc2n1)NCCCC1CCCCC1. The van der Waals surface area contributed by atoms with E-state index in [4.69, 9.17) is 0 Å². The first kappa shape index (κ1) is 14.6. The fraction of sp³-hybridized carbons (Fsp3) is 0.625. The largest absolute Gasteiger partial charge is 0.356 e. The van der Waals surface area contributed by atoms with Crippen molar-refractivity contribution in [3.8, 4) is 0 Å². The van der Waals surface area contributed by atoms with Crippen molar-refractivity contribution in [1.29, 1.82) is 0 Å². The summed E-state index contributed by atoms with van der Waals surface area (Å²) in [4.78, 5) is 17.3. The quantitative estimate of drug-likeness (QED) is 0.831. The van der Waals surface area contributed by atoms with Crippen LogP contribution in [0.3, 0.4) is 0 Å². The third-order valence-electron chi connectivity index (χ3n) is 4.32. The van der Waals surface area contributed by atoms with Gasteiger partial charge >= 0.3 is 0 Å². The van der Waals surface area contributed by atoms with Crippen LogP contribution >= 0.6 is 11.3 Å². The number of fused-ring (bicyclic) bond motifs is 1. The van der Waals surface area contributed by atoms with Crippen LogP contribution in [-0.2, 0) is 11.2 Å². The molecule has 1 N–H and O–H groups in total. The molecule has 0 aromatic carbocycles. The summed E-state index contributed by atoms with van der Waals surface area (Å²) in [6, 6.07) is 0. The lowest BCUT2D eigenvalue weighted by atomic mass is 9.86. The number of nitrogens with one attached hydrogen (secondary N) is 1. The Hall–Kier alpha value is -1.36. The van der Waals surface area contributed by atoms with Gasteiger partial charge in [-0.05, 0) is 18.8 Å². The third-order valence-corrected chi connectivity index (χ3v) is 5.09. The Morgan fingerprint density at radius 3 is 3.05 bits per heavy atom. The molecule has 5 heteroatoms. The first-order chi connectivity index (χ1) is 10.3. The van der Waals surface area contributed by atoms with Crippen LogP contribution in [0.25, 0.3) is 4.96 Å². The van der Waals surface area contributed by atoms with E-state index in [1.165, 1.54) is 38.5 Å². The fourth-order valence-electron chi connectivity index (χ4n) is 3.18. The number of hydrogen-bond acceptors (Lipinski definition) is 3. The van der Waals surface area contributed by atoms with Crippen molar-refractivity contribution in [3.63, 3.8) is 0 Å². The van der Waals surface area contributed by atoms with Crippen molar-refractivity contribution in [2.75, 3.05) is 6.54 Å². The van der Waals surface area contributed by atoms with Crippen molar-refractivity contribution in [2.45, 2.75) is 51.4 Å². The van der Waals surface area contributed by atoms with E-state index in [1.54, 1.807) is 11.3 Å². The van der Waals surface area contributed by atoms with Crippen molar-refractivity contribution < 1.29 is 4.79 Å². The van der Waals surface area contributed by atoms with E-state index in [0.29, 0.717) is 6.42 Å². The molecule has 2 heterocycles. The summed E-state index contributed by atoms with van der Waals surface area (Å²) in [5, 5.41) is 5.02. The van der Waals surface area contributed by atoms with Crippen LogP contribution in [-0.4, -0.2) is 21.8 Å². The molecule has 1 aliphatic carbocycles. The molecule has 2 aromatic heterocycles. The summed E-state index contributed by atoms with van der Waals surface area (Å²) in [5.41, 5.74) is 0.853. The van der Waals surface area contributed by atoms with E-state index in [2.05, 4.69) is 10.3 Å². The monoisotopic (exact) mass is 305 g/mol. The van der Waals surface area contributed by atoms with E-state index in [9.17, 15) is 4.79 Å². The molecule has 0 saturated heterocycles. The number of rotatable bonds is 6. The minimum Gasteiger partial charge on any atom is -0.356 e. The van der Waals surface area contributed by atoms with Crippen molar-refractivity contribution in [3.05, 3.63) is 23.5 Å². The summed E-state index contributed by atoms with van der Waals surface area (Å²) < 4.78 is 1.97. The van der Waals surface area contributed by atoms with Crippen LogP contribution in [0.5, 0.6) is 0 Å². The summed E-state index contributed by atoms with van der Waals surface area (Å²) in [5.74, 6) is 0.986. The summed E-state index contributed by atoms with van der Waals surface area (Å²) >= 11 is 1.59. The molecule has 2 aromatic rings. The molecule has 21 heavy (non-hydrogen) atoms. The van der Waals surface area contributed by atoms with Crippen molar-refractivity contribution >= 4 is 22.2 Å². The highest BCUT2D eigenvalue weighted by atomic mass is 32.1. The van der Waals surface area contributed by atoms with Gasteiger partial charge in [-0.1, -0.05) is 32.1 Å². The van der Waals surface area contributed by atoms with Gasteiger partial charge in [0.25, 0.3) is 0 Å². The molecule has 0 radical (unpaired) electrons. The van der Waals surface area contributed by atoms with Gasteiger partial charge in [0.1, 0.15) is 0 Å². The standard InChI is InChI=1S/C16H23N3OS/c20-15(11-14-12-19-9-10-21-16(19)18-14)17-8-4-7-13-5-2-1-3-6-13/h9-10,12-13H,1-8,11H2,(H,17,20). The number of carbonyl (C=O) groups excluding carboxylic acids is 1. The zero-order valence-corrected chi connectivity index (χ0v) is 13.2. The molecular weight excluding hydrogens is 282 g/mol. The minimum absolute atomic E-state index is 0.0874. The molecule has 0 unspecified atom stereocenters. The minimum atomic E-state index is 0.0874. The lowest BCUT2D eigenvalue weighted by molar-refractivity contribution is -0.120. The van der Waals surface area contributed by atoms with Gasteiger partial charge in [0.15, 0.2) is 4.96 Å². The maximum absolute atomic E-state index is 11.9. The molecule has 0 aliphatic heterocycles. The normalized spacial score (nSPS) is 16.4. The Labute approximate surface area is 129 Å². The number of imidazole rings is 1. The number of thiazole rings is 1. The predicted molar refractivity (Wildman–Crippen MR) is 85.6 cm³/mol. The smallest absolute Gasteiger partial charge is 0.226 e. The van der Waals surface area contributed by atoms with E-state index in [1.807, 2.05) is 22.2 Å². The molecule has 1 amide bonds. The van der Waals surface area contributed by atoms with Gasteiger partial charge in [0, 0.05) is 24.3 Å². The predicted octanol–water partition coefficient (Wildman–Crippen LogP) is 3.42. The molecule has 0 spiro atoms. The van der Waals surface area contributed by atoms with Gasteiger partial charge in [-0.3, -0.25) is 9.20 Å². The van der Waals surface area contributed by atoms with Crippen molar-refractivity contribution in [2.24, 2.45) is 5.92 Å². The van der Waals surface area contributed by atoms with Gasteiger partial charge < -0.3 is 5.32 Å². The van der Waals surface area contributed by atoms with Gasteiger partial charge in [0.05, 0.1) is 12.1 Å². The zero-order chi connectivity index (χ0) is 14.5. The van der Waals surface area contributed by atoms with Crippen molar-refractivity contribution in [1.82, 2.24) is 14.7 Å². The first-order valence-electron chi connectivity index (χ1n) is 7.99. The fourth-order valence-corrected chi connectivity index (χ4v) is 3.90. The number of nitrogens with zero attached hydrogens (tertiary/aromatic N) is 2. The molecule has 1 fully saturated rings.